The second kappa shape index (κ2) is 10.1. The van der Waals surface area contributed by atoms with Gasteiger partial charge in [-0.15, -0.1) is 15.0 Å². The third-order valence-electron chi connectivity index (χ3n) is 6.65. The van der Waals surface area contributed by atoms with Crippen LogP contribution in [0.15, 0.2) is 54.6 Å². The molecule has 1 heterocycles. The molecule has 0 spiro atoms. The number of alkyl halides is 6. The fourth-order valence-electron chi connectivity index (χ4n) is 5.32. The predicted molar refractivity (Wildman–Crippen MR) is 142 cm³/mol. The maximum absolute atomic E-state index is 13.6. The van der Waals surface area contributed by atoms with Crippen LogP contribution in [0.1, 0.15) is 68.9 Å². The SMILES string of the molecule is COc1c(Cc2cc(C(F)(F)F)cc(C(F)(F)F)c2)cc(C(C)(C)CC(C)(C)C)cc1-n1nc2ccccc2n1. The first-order valence-corrected chi connectivity index (χ1v) is 12.7. The summed E-state index contributed by atoms with van der Waals surface area (Å²) in [5, 5.41) is 9.12. The topological polar surface area (TPSA) is 39.9 Å². The van der Waals surface area contributed by atoms with Crippen LogP contribution < -0.4 is 4.74 Å². The molecule has 0 aliphatic heterocycles. The van der Waals surface area contributed by atoms with Crippen LogP contribution in [-0.4, -0.2) is 22.1 Å². The Morgan fingerprint density at radius 2 is 1.25 bits per heavy atom. The predicted octanol–water partition coefficient (Wildman–Crippen LogP) is 8.77. The van der Waals surface area contributed by atoms with E-state index in [2.05, 4.69) is 31.0 Å². The number of benzene rings is 3. The molecule has 0 aliphatic rings. The molecule has 0 bridgehead atoms. The molecule has 4 nitrogen and oxygen atoms in total. The van der Waals surface area contributed by atoms with Crippen LogP contribution in [0.2, 0.25) is 0 Å². The third-order valence-corrected chi connectivity index (χ3v) is 6.65. The van der Waals surface area contributed by atoms with Crippen molar-refractivity contribution in [3.63, 3.8) is 0 Å². The third kappa shape index (κ3) is 6.42. The summed E-state index contributed by atoms with van der Waals surface area (Å²) in [6.45, 7) is 10.4. The van der Waals surface area contributed by atoms with E-state index in [0.29, 0.717) is 22.3 Å². The minimum absolute atomic E-state index is 0.0644. The number of hydrogen-bond acceptors (Lipinski definition) is 3. The van der Waals surface area contributed by atoms with E-state index in [1.54, 1.807) is 18.2 Å². The summed E-state index contributed by atoms with van der Waals surface area (Å²) in [6.07, 6.45) is -9.37. The number of ether oxygens (including phenoxy) is 1. The minimum atomic E-state index is -4.94. The highest BCUT2D eigenvalue weighted by atomic mass is 19.4. The molecule has 0 aliphatic carbocycles. The van der Waals surface area contributed by atoms with Gasteiger partial charge in [-0.25, -0.2) is 0 Å². The van der Waals surface area contributed by atoms with Crippen molar-refractivity contribution < 1.29 is 31.1 Å². The Hall–Kier alpha value is -3.56. The van der Waals surface area contributed by atoms with Gasteiger partial charge in [0.1, 0.15) is 22.5 Å². The van der Waals surface area contributed by atoms with Crippen molar-refractivity contribution in [1.29, 1.82) is 0 Å². The molecule has 3 aromatic carbocycles. The van der Waals surface area contributed by atoms with Crippen molar-refractivity contribution in [2.75, 3.05) is 7.11 Å². The van der Waals surface area contributed by atoms with Crippen molar-refractivity contribution in [3.8, 4) is 11.4 Å². The number of methoxy groups -OCH3 is 1. The molecule has 214 valence electrons. The molecule has 4 rings (SSSR count). The van der Waals surface area contributed by atoms with Gasteiger partial charge in [0.15, 0.2) is 0 Å². The fourth-order valence-corrected chi connectivity index (χ4v) is 5.32. The molecule has 0 saturated carbocycles. The summed E-state index contributed by atoms with van der Waals surface area (Å²) in [5.74, 6) is 0.265. The van der Waals surface area contributed by atoms with Crippen molar-refractivity contribution in [3.05, 3.63) is 82.4 Å². The van der Waals surface area contributed by atoms with Crippen LogP contribution >= 0.6 is 0 Å². The molecule has 0 fully saturated rings. The lowest BCUT2D eigenvalue weighted by molar-refractivity contribution is -0.143. The van der Waals surface area contributed by atoms with Crippen LogP contribution in [0.3, 0.4) is 0 Å². The number of halogens is 6. The normalized spacial score (nSPS) is 13.2. The van der Waals surface area contributed by atoms with Gasteiger partial charge >= 0.3 is 12.4 Å². The zero-order valence-electron chi connectivity index (χ0n) is 23.1. The van der Waals surface area contributed by atoms with E-state index in [4.69, 9.17) is 4.74 Å². The number of nitrogens with zero attached hydrogens (tertiary/aromatic N) is 3. The number of rotatable bonds is 6. The summed E-state index contributed by atoms with van der Waals surface area (Å²) >= 11 is 0. The number of hydrogen-bond donors (Lipinski definition) is 0. The van der Waals surface area contributed by atoms with Gasteiger partial charge in [0.05, 0.1) is 18.2 Å². The Morgan fingerprint density at radius 3 is 1.70 bits per heavy atom. The molecule has 0 atom stereocenters. The molecule has 0 amide bonds. The van der Waals surface area contributed by atoms with E-state index >= 15 is 0 Å². The van der Waals surface area contributed by atoms with Gasteiger partial charge < -0.3 is 4.74 Å². The quantitative estimate of drug-likeness (QED) is 0.220. The first-order chi connectivity index (χ1) is 18.4. The molecule has 10 heteroatoms. The highest BCUT2D eigenvalue weighted by Gasteiger charge is 2.37. The van der Waals surface area contributed by atoms with Crippen LogP contribution in [-0.2, 0) is 24.2 Å². The Kier molecular flexibility index (Phi) is 7.45. The van der Waals surface area contributed by atoms with Gasteiger partial charge in [-0.05, 0) is 64.8 Å². The summed E-state index contributed by atoms with van der Waals surface area (Å²) in [7, 11) is 1.40. The molecule has 0 saturated heterocycles. The largest absolute Gasteiger partial charge is 0.494 e. The van der Waals surface area contributed by atoms with Crippen LogP contribution in [0.5, 0.6) is 5.75 Å². The van der Waals surface area contributed by atoms with E-state index in [-0.39, 0.29) is 29.2 Å². The Morgan fingerprint density at radius 1 is 0.725 bits per heavy atom. The monoisotopic (exact) mass is 563 g/mol. The van der Waals surface area contributed by atoms with Gasteiger partial charge in [-0.3, -0.25) is 0 Å². The first-order valence-electron chi connectivity index (χ1n) is 12.7. The number of aromatic nitrogens is 3. The lowest BCUT2D eigenvalue weighted by atomic mass is 9.72. The molecule has 0 radical (unpaired) electrons. The molecule has 4 aromatic rings. The van der Waals surface area contributed by atoms with E-state index < -0.39 is 28.9 Å². The molecule has 0 unspecified atom stereocenters. The molecular formula is C30H31F6N3O. The fraction of sp³-hybridized carbons (Fsp3) is 0.400. The maximum atomic E-state index is 13.6. The van der Waals surface area contributed by atoms with Gasteiger partial charge in [0.2, 0.25) is 0 Å². The smallest absolute Gasteiger partial charge is 0.416 e. The minimum Gasteiger partial charge on any atom is -0.494 e. The summed E-state index contributed by atoms with van der Waals surface area (Å²) in [6, 6.07) is 12.5. The summed E-state index contributed by atoms with van der Waals surface area (Å²) < 4.78 is 87.2. The Balaban J connectivity index is 1.95. The number of fused-ring (bicyclic) bond motifs is 1. The van der Waals surface area contributed by atoms with Crippen LogP contribution in [0, 0.1) is 5.41 Å². The summed E-state index contributed by atoms with van der Waals surface area (Å²) in [5.41, 5.74) is -0.399. The van der Waals surface area contributed by atoms with E-state index in [9.17, 15) is 26.3 Å². The van der Waals surface area contributed by atoms with Crippen molar-refractivity contribution >= 4 is 11.0 Å². The second-order valence-corrected chi connectivity index (χ2v) is 11.9. The van der Waals surface area contributed by atoms with E-state index in [1.807, 2.05) is 32.0 Å². The van der Waals surface area contributed by atoms with E-state index in [0.717, 1.165) is 24.1 Å². The lowest BCUT2D eigenvalue weighted by Crippen LogP contribution is -2.25. The zero-order chi connectivity index (χ0) is 29.7. The van der Waals surface area contributed by atoms with Crippen molar-refractivity contribution in [2.24, 2.45) is 5.41 Å². The van der Waals surface area contributed by atoms with Gasteiger partial charge in [-0.1, -0.05) is 52.8 Å². The lowest BCUT2D eigenvalue weighted by Gasteiger charge is -2.34. The average molecular weight is 564 g/mol. The van der Waals surface area contributed by atoms with Gasteiger partial charge in [-0.2, -0.15) is 26.3 Å². The summed E-state index contributed by atoms with van der Waals surface area (Å²) in [4.78, 5) is 1.40. The Bertz CT molecular complexity index is 1460. The van der Waals surface area contributed by atoms with E-state index in [1.165, 1.54) is 11.9 Å². The van der Waals surface area contributed by atoms with Crippen molar-refractivity contribution in [1.82, 2.24) is 15.0 Å². The van der Waals surface area contributed by atoms with Crippen LogP contribution in [0.25, 0.3) is 16.7 Å². The molecular weight excluding hydrogens is 532 g/mol. The standard InChI is InChI=1S/C30H31F6N3O/c1-27(2,3)17-28(4,5)20-14-19(11-18-12-21(29(31,32)33)15-22(13-18)30(34,35)36)26(40-6)25(16-20)39-37-23-9-7-8-10-24(23)38-39/h7-10,12-16H,11,17H2,1-6H3. The molecule has 1 aromatic heterocycles. The average Bonchev–Trinajstić information content (AvgIpc) is 3.25. The van der Waals surface area contributed by atoms with Crippen molar-refractivity contribution in [2.45, 2.75) is 65.2 Å². The first kappa shape index (κ1) is 29.4. The van der Waals surface area contributed by atoms with Gasteiger partial charge in [0.25, 0.3) is 0 Å². The Labute approximate surface area is 229 Å². The second-order valence-electron chi connectivity index (χ2n) is 11.9. The van der Waals surface area contributed by atoms with Crippen LogP contribution in [0.4, 0.5) is 26.3 Å². The molecule has 40 heavy (non-hydrogen) atoms. The highest BCUT2D eigenvalue weighted by molar-refractivity contribution is 5.74. The van der Waals surface area contributed by atoms with Gasteiger partial charge in [0, 0.05) is 12.0 Å². The maximum Gasteiger partial charge on any atom is 0.416 e. The highest BCUT2D eigenvalue weighted by Crippen LogP contribution is 2.42. The molecule has 0 N–H and O–H groups in total. The zero-order valence-corrected chi connectivity index (χ0v) is 23.1.